The summed E-state index contributed by atoms with van der Waals surface area (Å²) >= 11 is 0. The molecule has 0 aliphatic heterocycles. The van der Waals surface area contributed by atoms with Gasteiger partial charge in [0.2, 0.25) is 5.91 Å². The summed E-state index contributed by atoms with van der Waals surface area (Å²) < 4.78 is 11.6. The molecule has 0 saturated heterocycles. The number of benzene rings is 2. The zero-order valence-corrected chi connectivity index (χ0v) is 25.3. The van der Waals surface area contributed by atoms with Gasteiger partial charge in [0.25, 0.3) is 0 Å². The summed E-state index contributed by atoms with van der Waals surface area (Å²) in [5.41, 5.74) is 3.46. The van der Waals surface area contributed by atoms with Crippen LogP contribution in [-0.2, 0) is 27.4 Å². The van der Waals surface area contributed by atoms with E-state index in [9.17, 15) is 14.7 Å². The third-order valence-corrected chi connectivity index (χ3v) is 7.30. The highest BCUT2D eigenvalue weighted by atomic mass is 16.5. The number of nitrogens with one attached hydrogen (secondary N) is 1. The maximum atomic E-state index is 12.6. The number of hydrogen-bond acceptors (Lipinski definition) is 5. The molecule has 1 aromatic heterocycles. The zero-order valence-electron chi connectivity index (χ0n) is 25.3. The van der Waals surface area contributed by atoms with Crippen molar-refractivity contribution in [2.75, 3.05) is 11.9 Å². The van der Waals surface area contributed by atoms with Crippen LogP contribution in [0.4, 0.5) is 5.69 Å². The van der Waals surface area contributed by atoms with Crippen LogP contribution in [0.3, 0.4) is 0 Å². The third kappa shape index (κ3) is 10.5. The van der Waals surface area contributed by atoms with E-state index in [1.807, 2.05) is 74.5 Å². The molecule has 3 rings (SSSR count). The van der Waals surface area contributed by atoms with E-state index in [2.05, 4.69) is 22.4 Å². The first kappa shape index (κ1) is 32.5. The van der Waals surface area contributed by atoms with Gasteiger partial charge in [-0.15, -0.1) is 0 Å². The standard InChI is InChI=1S/C35H44N2O5/c1-5-35(6-2,34(39)40)24-33(38)37-30-14-9-12-28(23-30)16-19-29-13-10-15-31(36-29)25-41-22-8-7-11-27-17-20-32(21-18-27)42-26(3)4/h9-10,12-21,23,26H,5-8,11,22,24-25H2,1-4H3,(H,37,38)(H,39,40). The predicted octanol–water partition coefficient (Wildman–Crippen LogP) is 7.80. The Morgan fingerprint density at radius 2 is 1.71 bits per heavy atom. The second kappa shape index (κ2) is 16.5. The normalized spacial score (nSPS) is 11.6. The molecule has 42 heavy (non-hydrogen) atoms. The molecular formula is C35H44N2O5. The molecule has 0 bridgehead atoms. The molecule has 1 heterocycles. The molecule has 0 aliphatic carbocycles. The summed E-state index contributed by atoms with van der Waals surface area (Å²) in [6.45, 7) is 8.79. The minimum Gasteiger partial charge on any atom is -0.491 e. The van der Waals surface area contributed by atoms with E-state index in [1.54, 1.807) is 19.9 Å². The number of aromatic nitrogens is 1. The van der Waals surface area contributed by atoms with Crippen LogP contribution in [0.15, 0.2) is 66.7 Å². The average molecular weight is 573 g/mol. The molecule has 0 fully saturated rings. The van der Waals surface area contributed by atoms with E-state index in [0.29, 0.717) is 31.7 Å². The Morgan fingerprint density at radius 3 is 2.40 bits per heavy atom. The summed E-state index contributed by atoms with van der Waals surface area (Å²) in [6, 6.07) is 21.6. The fourth-order valence-electron chi connectivity index (χ4n) is 4.68. The molecule has 7 nitrogen and oxygen atoms in total. The van der Waals surface area contributed by atoms with E-state index >= 15 is 0 Å². The molecule has 224 valence electrons. The number of amides is 1. The van der Waals surface area contributed by atoms with Gasteiger partial charge in [0.1, 0.15) is 5.75 Å². The number of pyridine rings is 1. The Bertz CT molecular complexity index is 1310. The number of nitrogens with zero attached hydrogens (tertiary/aromatic N) is 1. The lowest BCUT2D eigenvalue weighted by Gasteiger charge is -2.25. The molecular weight excluding hydrogens is 528 g/mol. The van der Waals surface area contributed by atoms with Gasteiger partial charge in [-0.1, -0.05) is 50.3 Å². The monoisotopic (exact) mass is 572 g/mol. The molecule has 7 heteroatoms. The number of rotatable bonds is 17. The zero-order chi connectivity index (χ0) is 30.4. The van der Waals surface area contributed by atoms with Crippen LogP contribution in [0.5, 0.6) is 5.75 Å². The summed E-state index contributed by atoms with van der Waals surface area (Å²) in [6.07, 6.45) is 7.81. The summed E-state index contributed by atoms with van der Waals surface area (Å²) in [4.78, 5) is 29.0. The van der Waals surface area contributed by atoms with Crippen LogP contribution in [0.25, 0.3) is 12.2 Å². The average Bonchev–Trinajstić information content (AvgIpc) is 2.97. The number of hydrogen-bond donors (Lipinski definition) is 2. The highest BCUT2D eigenvalue weighted by Gasteiger charge is 2.37. The van der Waals surface area contributed by atoms with Gasteiger partial charge in [-0.2, -0.15) is 0 Å². The van der Waals surface area contributed by atoms with Crippen LogP contribution >= 0.6 is 0 Å². The molecule has 3 aromatic rings. The number of aryl methyl sites for hydroxylation is 1. The van der Waals surface area contributed by atoms with Gasteiger partial charge in [-0.3, -0.25) is 14.6 Å². The van der Waals surface area contributed by atoms with Gasteiger partial charge in [-0.05, 0) is 99.6 Å². The van der Waals surface area contributed by atoms with Crippen molar-refractivity contribution in [3.8, 4) is 5.75 Å². The van der Waals surface area contributed by atoms with Crippen molar-refractivity contribution in [2.45, 2.75) is 78.9 Å². The Balaban J connectivity index is 1.44. The number of carbonyl (C=O) groups is 2. The minimum absolute atomic E-state index is 0.0592. The Hall–Kier alpha value is -3.97. The number of ether oxygens (including phenoxy) is 2. The molecule has 0 atom stereocenters. The van der Waals surface area contributed by atoms with Crippen molar-refractivity contribution >= 4 is 29.7 Å². The summed E-state index contributed by atoms with van der Waals surface area (Å²) in [7, 11) is 0. The van der Waals surface area contributed by atoms with Gasteiger partial charge in [0.05, 0.1) is 29.5 Å². The largest absolute Gasteiger partial charge is 0.491 e. The van der Waals surface area contributed by atoms with Crippen LogP contribution in [0.1, 0.15) is 82.3 Å². The fraction of sp³-hybridized carbons (Fsp3) is 0.400. The van der Waals surface area contributed by atoms with Gasteiger partial charge >= 0.3 is 5.97 Å². The molecule has 2 N–H and O–H groups in total. The maximum Gasteiger partial charge on any atom is 0.310 e. The van der Waals surface area contributed by atoms with Gasteiger partial charge in [0.15, 0.2) is 0 Å². The van der Waals surface area contributed by atoms with Crippen molar-refractivity contribution in [3.05, 3.63) is 89.2 Å². The number of carboxylic acids is 1. The van der Waals surface area contributed by atoms with Crippen molar-refractivity contribution in [2.24, 2.45) is 5.41 Å². The van der Waals surface area contributed by atoms with Crippen LogP contribution in [-0.4, -0.2) is 34.7 Å². The SMILES string of the molecule is CCC(CC)(CC(=O)Nc1cccc(C=Cc2cccc(COCCCCc3ccc(OC(C)C)cc3)n2)c1)C(=O)O. The van der Waals surface area contributed by atoms with Crippen molar-refractivity contribution in [3.63, 3.8) is 0 Å². The molecule has 0 spiro atoms. The Labute approximate surface area is 250 Å². The van der Waals surface area contributed by atoms with E-state index in [1.165, 1.54) is 5.56 Å². The molecule has 2 aromatic carbocycles. The Kier molecular flexibility index (Phi) is 12.8. The Morgan fingerprint density at radius 1 is 0.976 bits per heavy atom. The highest BCUT2D eigenvalue weighted by Crippen LogP contribution is 2.31. The van der Waals surface area contributed by atoms with Crippen molar-refractivity contribution < 1.29 is 24.2 Å². The number of carbonyl (C=O) groups excluding carboxylic acids is 1. The van der Waals surface area contributed by atoms with Crippen LogP contribution in [0.2, 0.25) is 0 Å². The van der Waals surface area contributed by atoms with Crippen molar-refractivity contribution in [1.82, 2.24) is 4.98 Å². The topological polar surface area (TPSA) is 97.8 Å². The van der Waals surface area contributed by atoms with Gasteiger partial charge in [-0.25, -0.2) is 0 Å². The first-order chi connectivity index (χ1) is 20.2. The predicted molar refractivity (Wildman–Crippen MR) is 168 cm³/mol. The lowest BCUT2D eigenvalue weighted by molar-refractivity contribution is -0.151. The lowest BCUT2D eigenvalue weighted by Crippen LogP contribution is -2.34. The number of anilines is 1. The van der Waals surface area contributed by atoms with E-state index in [-0.39, 0.29) is 18.4 Å². The quantitative estimate of drug-likeness (QED) is 0.160. The van der Waals surface area contributed by atoms with E-state index < -0.39 is 11.4 Å². The summed E-state index contributed by atoms with van der Waals surface area (Å²) in [5.74, 6) is -0.333. The minimum atomic E-state index is -1.04. The maximum absolute atomic E-state index is 12.6. The second-order valence-corrected chi connectivity index (χ2v) is 10.9. The van der Waals surface area contributed by atoms with Gasteiger partial charge in [0, 0.05) is 18.7 Å². The van der Waals surface area contributed by atoms with E-state index in [0.717, 1.165) is 42.0 Å². The highest BCUT2D eigenvalue weighted by molar-refractivity contribution is 5.94. The molecule has 0 saturated carbocycles. The van der Waals surface area contributed by atoms with Crippen LogP contribution < -0.4 is 10.1 Å². The number of aliphatic carboxylic acids is 1. The second-order valence-electron chi connectivity index (χ2n) is 10.9. The first-order valence-electron chi connectivity index (χ1n) is 14.8. The smallest absolute Gasteiger partial charge is 0.310 e. The molecule has 0 unspecified atom stereocenters. The first-order valence-corrected chi connectivity index (χ1v) is 14.8. The fourth-order valence-corrected chi connectivity index (χ4v) is 4.68. The van der Waals surface area contributed by atoms with Crippen LogP contribution in [0, 0.1) is 5.41 Å². The van der Waals surface area contributed by atoms with Gasteiger partial charge < -0.3 is 19.9 Å². The lowest BCUT2D eigenvalue weighted by atomic mass is 9.79. The molecule has 1 amide bonds. The summed E-state index contributed by atoms with van der Waals surface area (Å²) in [5, 5.41) is 12.5. The third-order valence-electron chi connectivity index (χ3n) is 7.30. The molecule has 0 radical (unpaired) electrons. The van der Waals surface area contributed by atoms with E-state index in [4.69, 9.17) is 9.47 Å². The molecule has 0 aliphatic rings. The number of carboxylic acid groups (broad SMARTS) is 1. The van der Waals surface area contributed by atoms with Crippen molar-refractivity contribution in [1.29, 1.82) is 0 Å². The number of unbranched alkanes of at least 4 members (excludes halogenated alkanes) is 1.